The highest BCUT2D eigenvalue weighted by Gasteiger charge is 2.30. The van der Waals surface area contributed by atoms with Gasteiger partial charge in [-0.05, 0) is 56.9 Å². The molecule has 1 aliphatic heterocycles. The molecule has 32 heavy (non-hydrogen) atoms. The quantitative estimate of drug-likeness (QED) is 0.504. The van der Waals surface area contributed by atoms with Crippen LogP contribution in [0.1, 0.15) is 70.3 Å². The second-order valence-corrected chi connectivity index (χ2v) is 8.65. The van der Waals surface area contributed by atoms with E-state index >= 15 is 0 Å². The van der Waals surface area contributed by atoms with Gasteiger partial charge < -0.3 is 14.5 Å². The van der Waals surface area contributed by atoms with Crippen LogP contribution in [-0.4, -0.2) is 47.3 Å². The number of esters is 1. The average Bonchev–Trinajstić information content (AvgIpc) is 2.82. The minimum atomic E-state index is -0.297. The summed E-state index contributed by atoms with van der Waals surface area (Å²) in [4.78, 5) is 41.3. The SMILES string of the molecule is CCOC(=O)CCN(Cc1ccccc1)C(=O)CCCC(=O)N1CCCC2CCCC=C21. The van der Waals surface area contributed by atoms with Gasteiger partial charge in [-0.2, -0.15) is 0 Å². The third kappa shape index (κ3) is 6.94. The molecule has 6 nitrogen and oxygen atoms in total. The monoisotopic (exact) mass is 440 g/mol. The van der Waals surface area contributed by atoms with Crippen molar-refractivity contribution in [1.82, 2.24) is 9.80 Å². The molecule has 2 amide bonds. The Kier molecular flexibility index (Phi) is 9.32. The first-order chi connectivity index (χ1) is 15.6. The molecule has 6 heteroatoms. The first-order valence-electron chi connectivity index (χ1n) is 12.1. The molecular weight excluding hydrogens is 404 g/mol. The summed E-state index contributed by atoms with van der Waals surface area (Å²) in [5.74, 6) is 0.345. The lowest BCUT2D eigenvalue weighted by molar-refractivity contribution is -0.144. The highest BCUT2D eigenvalue weighted by Crippen LogP contribution is 2.35. The van der Waals surface area contributed by atoms with E-state index in [9.17, 15) is 14.4 Å². The molecule has 174 valence electrons. The minimum absolute atomic E-state index is 0.0284. The van der Waals surface area contributed by atoms with E-state index in [-0.39, 0.29) is 24.2 Å². The van der Waals surface area contributed by atoms with Gasteiger partial charge in [0.2, 0.25) is 11.8 Å². The van der Waals surface area contributed by atoms with Crippen LogP contribution in [0.15, 0.2) is 42.1 Å². The standard InChI is InChI=1S/C26H36N2O4/c1-2-32-26(31)17-19-27(20-21-10-4-3-5-11-21)24(29)15-8-16-25(30)28-18-9-13-22-12-6-7-14-23(22)28/h3-5,10-11,14,22H,2,6-9,12-13,15-20H2,1H3. The summed E-state index contributed by atoms with van der Waals surface area (Å²) in [7, 11) is 0. The number of piperidine rings is 1. The molecule has 1 aliphatic carbocycles. The zero-order valence-electron chi connectivity index (χ0n) is 19.3. The van der Waals surface area contributed by atoms with Crippen molar-refractivity contribution >= 4 is 17.8 Å². The Morgan fingerprint density at radius 2 is 1.84 bits per heavy atom. The zero-order valence-corrected chi connectivity index (χ0v) is 19.3. The summed E-state index contributed by atoms with van der Waals surface area (Å²) in [5.41, 5.74) is 2.24. The van der Waals surface area contributed by atoms with Crippen LogP contribution in [0.5, 0.6) is 0 Å². The van der Waals surface area contributed by atoms with E-state index < -0.39 is 0 Å². The van der Waals surface area contributed by atoms with Gasteiger partial charge in [-0.25, -0.2) is 0 Å². The average molecular weight is 441 g/mol. The first-order valence-corrected chi connectivity index (χ1v) is 12.1. The van der Waals surface area contributed by atoms with Crippen molar-refractivity contribution in [3.8, 4) is 0 Å². The molecular formula is C26H36N2O4. The molecule has 0 N–H and O–H groups in total. The van der Waals surface area contributed by atoms with E-state index in [1.54, 1.807) is 11.8 Å². The van der Waals surface area contributed by atoms with Crippen molar-refractivity contribution in [3.63, 3.8) is 0 Å². The number of hydrogen-bond donors (Lipinski definition) is 0. The molecule has 1 atom stereocenters. The Morgan fingerprint density at radius 1 is 1.06 bits per heavy atom. The van der Waals surface area contributed by atoms with Crippen LogP contribution in [0.25, 0.3) is 0 Å². The number of allylic oxidation sites excluding steroid dienone is 2. The highest BCUT2D eigenvalue weighted by molar-refractivity contribution is 5.80. The molecule has 1 unspecified atom stereocenters. The second kappa shape index (κ2) is 12.4. The normalized spacial score (nSPS) is 17.8. The molecule has 0 aromatic heterocycles. The van der Waals surface area contributed by atoms with Gasteiger partial charge in [0.05, 0.1) is 13.0 Å². The van der Waals surface area contributed by atoms with E-state index in [1.807, 2.05) is 35.2 Å². The van der Waals surface area contributed by atoms with Gasteiger partial charge in [-0.1, -0.05) is 36.4 Å². The van der Waals surface area contributed by atoms with Crippen LogP contribution in [0.4, 0.5) is 0 Å². The minimum Gasteiger partial charge on any atom is -0.466 e. The number of amides is 2. The fourth-order valence-electron chi connectivity index (χ4n) is 4.68. The van der Waals surface area contributed by atoms with Gasteiger partial charge in [0, 0.05) is 38.2 Å². The molecule has 1 saturated heterocycles. The molecule has 1 fully saturated rings. The Balaban J connectivity index is 1.52. The van der Waals surface area contributed by atoms with Gasteiger partial charge >= 0.3 is 5.97 Å². The van der Waals surface area contributed by atoms with Gasteiger partial charge in [0.15, 0.2) is 0 Å². The molecule has 3 rings (SSSR count). The number of likely N-dealkylation sites (tertiary alicyclic amines) is 1. The van der Waals surface area contributed by atoms with E-state index in [0.717, 1.165) is 24.9 Å². The summed E-state index contributed by atoms with van der Waals surface area (Å²) >= 11 is 0. The molecule has 1 aromatic rings. The van der Waals surface area contributed by atoms with E-state index in [4.69, 9.17) is 4.74 Å². The fourth-order valence-corrected chi connectivity index (χ4v) is 4.68. The maximum Gasteiger partial charge on any atom is 0.307 e. The topological polar surface area (TPSA) is 66.9 Å². The number of carbonyl (C=O) groups is 3. The van der Waals surface area contributed by atoms with Crippen LogP contribution in [0.2, 0.25) is 0 Å². The molecule has 0 bridgehead atoms. The lowest BCUT2D eigenvalue weighted by atomic mass is 9.85. The molecule has 0 radical (unpaired) electrons. The molecule has 1 heterocycles. The van der Waals surface area contributed by atoms with Crippen molar-refractivity contribution in [2.75, 3.05) is 19.7 Å². The second-order valence-electron chi connectivity index (χ2n) is 8.65. The lowest BCUT2D eigenvalue weighted by Crippen LogP contribution is -2.39. The fraction of sp³-hybridized carbons (Fsp3) is 0.577. The number of nitrogens with zero attached hydrogens (tertiary/aromatic N) is 2. The summed E-state index contributed by atoms with van der Waals surface area (Å²) < 4.78 is 5.01. The summed E-state index contributed by atoms with van der Waals surface area (Å²) in [6, 6.07) is 9.76. The number of ether oxygens (including phenoxy) is 1. The number of benzene rings is 1. The summed E-state index contributed by atoms with van der Waals surface area (Å²) in [6.45, 7) is 3.68. The predicted octanol–water partition coefficient (Wildman–Crippen LogP) is 4.45. The Morgan fingerprint density at radius 3 is 2.62 bits per heavy atom. The van der Waals surface area contributed by atoms with Crippen LogP contribution >= 0.6 is 0 Å². The van der Waals surface area contributed by atoms with Crippen molar-refractivity contribution in [2.45, 2.75) is 71.3 Å². The van der Waals surface area contributed by atoms with Gasteiger partial charge in [-0.15, -0.1) is 0 Å². The zero-order chi connectivity index (χ0) is 22.8. The van der Waals surface area contributed by atoms with Crippen molar-refractivity contribution < 1.29 is 19.1 Å². The Hall–Kier alpha value is -2.63. The largest absolute Gasteiger partial charge is 0.466 e. The van der Waals surface area contributed by atoms with Crippen LogP contribution in [0.3, 0.4) is 0 Å². The number of rotatable bonds is 10. The number of hydrogen-bond acceptors (Lipinski definition) is 4. The molecule has 0 saturated carbocycles. The highest BCUT2D eigenvalue weighted by atomic mass is 16.5. The van der Waals surface area contributed by atoms with Crippen molar-refractivity contribution in [2.24, 2.45) is 5.92 Å². The van der Waals surface area contributed by atoms with E-state index in [0.29, 0.717) is 44.9 Å². The van der Waals surface area contributed by atoms with E-state index in [2.05, 4.69) is 6.08 Å². The van der Waals surface area contributed by atoms with Crippen molar-refractivity contribution in [3.05, 3.63) is 47.7 Å². The van der Waals surface area contributed by atoms with Gasteiger partial charge in [0.25, 0.3) is 0 Å². The number of carbonyl (C=O) groups excluding carboxylic acids is 3. The smallest absolute Gasteiger partial charge is 0.307 e. The third-order valence-corrected chi connectivity index (χ3v) is 6.32. The maximum atomic E-state index is 12.9. The third-order valence-electron chi connectivity index (χ3n) is 6.32. The van der Waals surface area contributed by atoms with E-state index in [1.165, 1.54) is 25.0 Å². The molecule has 0 spiro atoms. The van der Waals surface area contributed by atoms with Crippen LogP contribution in [-0.2, 0) is 25.7 Å². The summed E-state index contributed by atoms with van der Waals surface area (Å²) in [6.07, 6.45) is 9.33. The Bertz CT molecular complexity index is 805. The lowest BCUT2D eigenvalue weighted by Gasteiger charge is -2.38. The van der Waals surface area contributed by atoms with Gasteiger partial charge in [-0.3, -0.25) is 14.4 Å². The number of fused-ring (bicyclic) bond motifs is 1. The first kappa shape index (κ1) is 24.0. The van der Waals surface area contributed by atoms with Crippen molar-refractivity contribution in [1.29, 1.82) is 0 Å². The molecule has 2 aliphatic rings. The maximum absolute atomic E-state index is 12.9. The Labute approximate surface area is 191 Å². The molecule has 1 aromatic carbocycles. The van der Waals surface area contributed by atoms with Gasteiger partial charge in [0.1, 0.15) is 0 Å². The summed E-state index contributed by atoms with van der Waals surface area (Å²) in [5, 5.41) is 0. The van der Waals surface area contributed by atoms with Crippen LogP contribution in [0, 0.1) is 5.92 Å². The van der Waals surface area contributed by atoms with Crippen LogP contribution < -0.4 is 0 Å². The predicted molar refractivity (Wildman–Crippen MR) is 123 cm³/mol.